The van der Waals surface area contributed by atoms with E-state index in [2.05, 4.69) is 68.3 Å². The smallest absolute Gasteiger partial charge is 0.169 e. The molecule has 1 saturated heterocycles. The quantitative estimate of drug-likeness (QED) is 0.607. The summed E-state index contributed by atoms with van der Waals surface area (Å²) >= 11 is 5.90. The van der Waals surface area contributed by atoms with E-state index in [1.807, 2.05) is 12.1 Å². The lowest BCUT2D eigenvalue weighted by Gasteiger charge is -2.47. The molecule has 1 fully saturated rings. The van der Waals surface area contributed by atoms with Gasteiger partial charge in [-0.05, 0) is 72.9 Å². The third-order valence-electron chi connectivity index (χ3n) is 5.47. The van der Waals surface area contributed by atoms with Crippen molar-refractivity contribution in [3.8, 4) is 11.5 Å². The predicted molar refractivity (Wildman–Crippen MR) is 129 cm³/mol. The standard InChI is InChI=1S/C23H40N4O2S/c1-22(2)14-18(15-23(3,4)25-22)24-21(30)27(13-12-26(5)6)16-17-10-9-11-19(28-7)20(17)29-8/h9-11,18,25H,12-16H2,1-8H3,(H,24,30). The fourth-order valence-corrected chi connectivity index (χ4v) is 4.87. The molecule has 30 heavy (non-hydrogen) atoms. The molecule has 0 bridgehead atoms. The maximum absolute atomic E-state index is 5.90. The molecule has 170 valence electrons. The topological polar surface area (TPSA) is 49.0 Å². The van der Waals surface area contributed by atoms with Crippen molar-refractivity contribution in [1.29, 1.82) is 0 Å². The second kappa shape index (κ2) is 10.2. The van der Waals surface area contributed by atoms with E-state index < -0.39 is 0 Å². The van der Waals surface area contributed by atoms with Gasteiger partial charge in [0, 0.05) is 42.3 Å². The van der Waals surface area contributed by atoms with Crippen molar-refractivity contribution in [2.75, 3.05) is 41.4 Å². The largest absolute Gasteiger partial charge is 0.493 e. The molecule has 6 nitrogen and oxygen atoms in total. The fourth-order valence-electron chi connectivity index (χ4n) is 4.55. The van der Waals surface area contributed by atoms with E-state index >= 15 is 0 Å². The van der Waals surface area contributed by atoms with Crippen LogP contribution in [0, 0.1) is 0 Å². The van der Waals surface area contributed by atoms with E-state index in [4.69, 9.17) is 21.7 Å². The van der Waals surface area contributed by atoms with E-state index in [1.54, 1.807) is 14.2 Å². The highest BCUT2D eigenvalue weighted by Crippen LogP contribution is 2.32. The molecule has 2 N–H and O–H groups in total. The molecule has 0 unspecified atom stereocenters. The van der Waals surface area contributed by atoms with Crippen LogP contribution in [0.5, 0.6) is 11.5 Å². The minimum Gasteiger partial charge on any atom is -0.493 e. The number of benzene rings is 1. The third-order valence-corrected chi connectivity index (χ3v) is 5.84. The van der Waals surface area contributed by atoms with Crippen molar-refractivity contribution in [3.63, 3.8) is 0 Å². The molecule has 0 radical (unpaired) electrons. The molecule has 0 spiro atoms. The molecular weight excluding hydrogens is 396 g/mol. The molecule has 7 heteroatoms. The number of nitrogens with one attached hydrogen (secondary N) is 2. The van der Waals surface area contributed by atoms with Crippen LogP contribution in [0.25, 0.3) is 0 Å². The zero-order chi connectivity index (χ0) is 22.5. The van der Waals surface area contributed by atoms with Crippen LogP contribution in [0.3, 0.4) is 0 Å². The number of ether oxygens (including phenoxy) is 2. The molecule has 0 aromatic heterocycles. The average molecular weight is 437 g/mol. The summed E-state index contributed by atoms with van der Waals surface area (Å²) in [6.45, 7) is 11.5. The number of piperidine rings is 1. The number of hydrogen-bond donors (Lipinski definition) is 2. The Morgan fingerprint density at radius 2 is 1.73 bits per heavy atom. The van der Waals surface area contributed by atoms with Crippen molar-refractivity contribution < 1.29 is 9.47 Å². The van der Waals surface area contributed by atoms with Gasteiger partial charge in [-0.25, -0.2) is 0 Å². The molecule has 2 rings (SSSR count). The van der Waals surface area contributed by atoms with Gasteiger partial charge in [0.2, 0.25) is 0 Å². The molecular formula is C23H40N4O2S. The molecule has 0 amide bonds. The van der Waals surface area contributed by atoms with Gasteiger partial charge < -0.3 is 29.9 Å². The van der Waals surface area contributed by atoms with E-state index in [9.17, 15) is 0 Å². The van der Waals surface area contributed by atoms with E-state index in [0.29, 0.717) is 12.6 Å². The van der Waals surface area contributed by atoms with Gasteiger partial charge in [0.1, 0.15) is 0 Å². The second-order valence-corrected chi connectivity index (χ2v) is 10.2. The maximum atomic E-state index is 5.90. The summed E-state index contributed by atoms with van der Waals surface area (Å²) in [5.74, 6) is 1.50. The summed E-state index contributed by atoms with van der Waals surface area (Å²) in [5.41, 5.74) is 1.20. The molecule has 0 aliphatic carbocycles. The summed E-state index contributed by atoms with van der Waals surface area (Å²) in [7, 11) is 7.51. The number of para-hydroxylation sites is 1. The first kappa shape index (κ1) is 24.7. The first-order valence-electron chi connectivity index (χ1n) is 10.7. The van der Waals surface area contributed by atoms with Gasteiger partial charge in [0.25, 0.3) is 0 Å². The van der Waals surface area contributed by atoms with Crippen LogP contribution in [0.15, 0.2) is 18.2 Å². The number of hydrogen-bond acceptors (Lipinski definition) is 5. The number of thiocarbonyl (C=S) groups is 1. The van der Waals surface area contributed by atoms with Gasteiger partial charge in [-0.2, -0.15) is 0 Å². The van der Waals surface area contributed by atoms with Crippen LogP contribution in [-0.2, 0) is 6.54 Å². The average Bonchev–Trinajstić information content (AvgIpc) is 2.61. The zero-order valence-electron chi connectivity index (χ0n) is 20.0. The number of likely N-dealkylation sites (N-methyl/N-ethyl adjacent to an activating group) is 1. The number of rotatable bonds is 8. The highest BCUT2D eigenvalue weighted by atomic mass is 32.1. The maximum Gasteiger partial charge on any atom is 0.169 e. The lowest BCUT2D eigenvalue weighted by Crippen LogP contribution is -2.63. The Balaban J connectivity index is 2.19. The molecule has 0 atom stereocenters. The summed E-state index contributed by atoms with van der Waals surface area (Å²) in [6.07, 6.45) is 2.06. The second-order valence-electron chi connectivity index (χ2n) is 9.82. The molecule has 1 heterocycles. The summed E-state index contributed by atoms with van der Waals surface area (Å²) in [5, 5.41) is 8.20. The van der Waals surface area contributed by atoms with Crippen molar-refractivity contribution in [1.82, 2.24) is 20.4 Å². The fraction of sp³-hybridized carbons (Fsp3) is 0.696. The van der Waals surface area contributed by atoms with Gasteiger partial charge in [0.15, 0.2) is 16.6 Å². The summed E-state index contributed by atoms with van der Waals surface area (Å²) in [6, 6.07) is 6.32. The lowest BCUT2D eigenvalue weighted by molar-refractivity contribution is 0.153. The monoisotopic (exact) mass is 436 g/mol. The van der Waals surface area contributed by atoms with Gasteiger partial charge in [-0.15, -0.1) is 0 Å². The van der Waals surface area contributed by atoms with Crippen LogP contribution in [0.4, 0.5) is 0 Å². The molecule has 1 aliphatic heterocycles. The normalized spacial score (nSPS) is 18.2. The number of methoxy groups -OCH3 is 2. The lowest BCUT2D eigenvalue weighted by atomic mass is 9.80. The van der Waals surface area contributed by atoms with Gasteiger partial charge in [0.05, 0.1) is 14.2 Å². The minimum atomic E-state index is 0.0690. The Labute approximate surface area is 188 Å². The number of nitrogens with zero attached hydrogens (tertiary/aromatic N) is 2. The molecule has 1 aromatic rings. The van der Waals surface area contributed by atoms with Crippen molar-refractivity contribution in [2.45, 2.75) is 64.2 Å². The van der Waals surface area contributed by atoms with Crippen molar-refractivity contribution >= 4 is 17.3 Å². The Morgan fingerprint density at radius 1 is 1.10 bits per heavy atom. The predicted octanol–water partition coefficient (Wildman–Crippen LogP) is 3.25. The summed E-state index contributed by atoms with van der Waals surface area (Å²) < 4.78 is 11.1. The summed E-state index contributed by atoms with van der Waals surface area (Å²) in [4.78, 5) is 4.41. The van der Waals surface area contributed by atoms with Crippen LogP contribution in [-0.4, -0.2) is 73.4 Å². The van der Waals surface area contributed by atoms with E-state index in [1.165, 1.54) is 0 Å². The van der Waals surface area contributed by atoms with Crippen molar-refractivity contribution in [2.24, 2.45) is 0 Å². The Morgan fingerprint density at radius 3 is 2.27 bits per heavy atom. The van der Waals surface area contributed by atoms with E-state index in [0.717, 1.165) is 48.1 Å². The van der Waals surface area contributed by atoms with Crippen molar-refractivity contribution in [3.05, 3.63) is 23.8 Å². The Bertz CT molecular complexity index is 705. The Kier molecular flexibility index (Phi) is 8.36. The Hall–Kier alpha value is -1.57. The first-order valence-corrected chi connectivity index (χ1v) is 11.1. The third kappa shape index (κ3) is 7.00. The SMILES string of the molecule is COc1cccc(CN(CCN(C)C)C(=S)NC2CC(C)(C)NC(C)(C)C2)c1OC. The molecule has 0 saturated carbocycles. The zero-order valence-corrected chi connectivity index (χ0v) is 20.8. The van der Waals surface area contributed by atoms with Gasteiger partial charge >= 0.3 is 0 Å². The molecule has 1 aliphatic rings. The first-order chi connectivity index (χ1) is 14.0. The van der Waals surface area contributed by atoms with Crippen LogP contribution in [0.1, 0.15) is 46.1 Å². The van der Waals surface area contributed by atoms with Gasteiger partial charge in [-0.1, -0.05) is 12.1 Å². The van der Waals surface area contributed by atoms with Gasteiger partial charge in [-0.3, -0.25) is 0 Å². The highest BCUT2D eigenvalue weighted by molar-refractivity contribution is 7.80. The van der Waals surface area contributed by atoms with Crippen LogP contribution in [0.2, 0.25) is 0 Å². The van der Waals surface area contributed by atoms with Crippen LogP contribution < -0.4 is 20.1 Å². The minimum absolute atomic E-state index is 0.0690. The van der Waals surface area contributed by atoms with Crippen LogP contribution >= 0.6 is 12.2 Å². The highest BCUT2D eigenvalue weighted by Gasteiger charge is 2.38. The van der Waals surface area contributed by atoms with E-state index in [-0.39, 0.29) is 11.1 Å². The molecule has 1 aromatic carbocycles.